The van der Waals surface area contributed by atoms with Crippen LogP contribution < -0.4 is 0 Å². The quantitative estimate of drug-likeness (QED) is 0.689. The average molecular weight is 285 g/mol. The summed E-state index contributed by atoms with van der Waals surface area (Å²) in [6.07, 6.45) is 0. The zero-order chi connectivity index (χ0) is 8.15. The highest BCUT2D eigenvalue weighted by Crippen LogP contribution is 2.77. The molecular formula is H9N2P8+. The summed E-state index contributed by atoms with van der Waals surface area (Å²) in [6.45, 7) is -0.0982. The summed E-state index contributed by atoms with van der Waals surface area (Å²) in [6, 6.07) is 0. The molecule has 0 aromatic rings. The highest BCUT2D eigenvalue weighted by Gasteiger charge is 2.13. The molecule has 6 unspecified atom stereocenters. The lowest BCUT2D eigenvalue weighted by atomic mass is 13.9. The van der Waals surface area contributed by atoms with Gasteiger partial charge in [-0.05, 0) is 8.93 Å². The Labute approximate surface area is 75.1 Å². The van der Waals surface area contributed by atoms with E-state index in [2.05, 4.69) is 40.2 Å². The van der Waals surface area contributed by atoms with Crippen LogP contribution in [0.1, 0.15) is 0 Å². The van der Waals surface area contributed by atoms with Crippen LogP contribution in [0.15, 0.2) is 4.52 Å². The average Bonchev–Trinajstić information content (AvgIpc) is 1.82. The zero-order valence-corrected chi connectivity index (χ0v) is 13.2. The van der Waals surface area contributed by atoms with E-state index in [1.807, 2.05) is 0 Å². The van der Waals surface area contributed by atoms with E-state index in [9.17, 15) is 0 Å². The van der Waals surface area contributed by atoms with E-state index in [1.165, 1.54) is 0 Å². The fraction of sp³-hybridized carbons (Fsp3) is 0. The van der Waals surface area contributed by atoms with E-state index in [1.54, 1.807) is 0 Å². The molecule has 0 aliphatic heterocycles. The van der Waals surface area contributed by atoms with Crippen molar-refractivity contribution < 1.29 is 0 Å². The van der Waals surface area contributed by atoms with Crippen molar-refractivity contribution in [3.63, 3.8) is 0 Å². The predicted molar refractivity (Wildman–Crippen MR) is 71.7 cm³/mol. The second-order valence-corrected chi connectivity index (χ2v) is 22.0. The molecule has 58 valence electrons. The van der Waals surface area contributed by atoms with Gasteiger partial charge in [-0.3, -0.25) is 0 Å². The van der Waals surface area contributed by atoms with Gasteiger partial charge in [0.25, 0.3) is 14.5 Å². The van der Waals surface area contributed by atoms with Crippen molar-refractivity contribution >= 4 is 65.3 Å². The first-order valence-electron chi connectivity index (χ1n) is 2.06. The Morgan fingerprint density at radius 2 is 1.90 bits per heavy atom. The van der Waals surface area contributed by atoms with Crippen LogP contribution in [0.25, 0.3) is 0 Å². The molecule has 0 heterocycles. The number of nitrogens with one attached hydrogen (secondary N) is 1. The molecular weight excluding hydrogens is 276 g/mol. The molecule has 0 aromatic carbocycles. The van der Waals surface area contributed by atoms with Gasteiger partial charge in [0, 0.05) is 15.0 Å². The standard InChI is InChI=1S/H9N2P8/c1-8(3)9(4)2-7-10(5)6/h1H,3-6H2/q+1. The molecule has 10 heteroatoms. The van der Waals surface area contributed by atoms with Crippen molar-refractivity contribution in [2.75, 3.05) is 0 Å². The van der Waals surface area contributed by atoms with E-state index in [-0.39, 0.29) is 6.99 Å². The van der Waals surface area contributed by atoms with Gasteiger partial charge in [0.15, 0.2) is 0 Å². The molecule has 0 spiro atoms. The summed E-state index contributed by atoms with van der Waals surface area (Å²) in [4.78, 5) is 0. The Morgan fingerprint density at radius 3 is 2.20 bits per heavy atom. The molecule has 6 atom stereocenters. The fourth-order valence-electron chi connectivity index (χ4n) is 0.130. The van der Waals surface area contributed by atoms with Crippen LogP contribution >= 0.6 is 65.3 Å². The largest absolute Gasteiger partial charge is 0.280 e. The van der Waals surface area contributed by atoms with Crippen LogP contribution in [0.2, 0.25) is 0 Å². The molecule has 1 N–H and O–H groups in total. The SMILES string of the molecule is N=[P+](P)P(P)N=PP(P)P. The first-order valence-corrected chi connectivity index (χ1v) is 14.8. The van der Waals surface area contributed by atoms with Crippen LogP contribution in [-0.4, -0.2) is 0 Å². The fourth-order valence-corrected chi connectivity index (χ4v) is 9.47. The number of hydrogen-bond acceptors (Lipinski definition) is 2. The monoisotopic (exact) mass is 285 g/mol. The van der Waals surface area contributed by atoms with Gasteiger partial charge in [-0.2, -0.15) is 4.52 Å². The Bertz CT molecular complexity index is 136. The minimum absolute atomic E-state index is 0.0982. The van der Waals surface area contributed by atoms with E-state index >= 15 is 0 Å². The molecule has 0 rings (SSSR count). The first kappa shape index (κ1) is 12.8. The lowest BCUT2D eigenvalue weighted by molar-refractivity contribution is 1.65. The lowest BCUT2D eigenvalue weighted by Crippen LogP contribution is -1.28. The molecule has 0 radical (unpaired) electrons. The Kier molecular flexibility index (Phi) is 9.21. The van der Waals surface area contributed by atoms with Gasteiger partial charge in [-0.1, -0.05) is 17.9 Å². The molecule has 0 saturated carbocycles. The van der Waals surface area contributed by atoms with Gasteiger partial charge in [-0.25, -0.2) is 0 Å². The molecule has 0 aromatic heterocycles. The van der Waals surface area contributed by atoms with Gasteiger partial charge >= 0.3 is 0 Å². The van der Waals surface area contributed by atoms with Crippen LogP contribution in [0.4, 0.5) is 0 Å². The maximum absolute atomic E-state index is 7.36. The number of hydrogen-bond donors (Lipinski definition) is 1. The molecule has 0 aliphatic rings. The summed E-state index contributed by atoms with van der Waals surface area (Å²) in [7, 11) is 10.6. The van der Waals surface area contributed by atoms with Gasteiger partial charge < -0.3 is 0 Å². The van der Waals surface area contributed by atoms with Gasteiger partial charge in [0.2, 0.25) is 0 Å². The number of rotatable bonds is 3. The predicted octanol–water partition coefficient (Wildman–Crippen LogP) is 5.23. The molecule has 0 bridgehead atoms. The highest BCUT2D eigenvalue weighted by atomic mass is 32.7. The summed E-state index contributed by atoms with van der Waals surface area (Å²) < 4.78 is 4.33. The maximum Gasteiger partial charge on any atom is 0.280 e. The van der Waals surface area contributed by atoms with Crippen LogP contribution in [-0.2, 0) is 0 Å². The highest BCUT2D eigenvalue weighted by molar-refractivity contribution is 8.69. The Balaban J connectivity index is 3.77. The number of nitrogens with zero attached hydrogens (tertiary/aromatic N) is 1. The van der Waals surface area contributed by atoms with Gasteiger partial charge in [0.1, 0.15) is 8.93 Å². The van der Waals surface area contributed by atoms with Crippen molar-refractivity contribution in [2.45, 2.75) is 0 Å². The normalized spacial score (nSPS) is 16.3. The third-order valence-corrected chi connectivity index (χ3v) is 15.1. The molecule has 0 saturated heterocycles. The molecule has 2 nitrogen and oxygen atoms in total. The van der Waals surface area contributed by atoms with Crippen molar-refractivity contribution in [1.82, 2.24) is 0 Å². The third-order valence-electron chi connectivity index (χ3n) is 0.456. The molecule has 10 heavy (non-hydrogen) atoms. The lowest BCUT2D eigenvalue weighted by Gasteiger charge is -1.91. The van der Waals surface area contributed by atoms with E-state index in [0.717, 1.165) is 8.06 Å². The maximum atomic E-state index is 7.36. The van der Waals surface area contributed by atoms with Crippen LogP contribution in [0, 0.1) is 5.16 Å². The summed E-state index contributed by atoms with van der Waals surface area (Å²) in [5, 5.41) is 7.36. The van der Waals surface area contributed by atoms with Gasteiger partial charge in [-0.15, -0.1) is 5.16 Å². The van der Waals surface area contributed by atoms with Crippen molar-refractivity contribution in [1.29, 1.82) is 5.16 Å². The zero-order valence-electron chi connectivity index (χ0n) is 5.05. The third kappa shape index (κ3) is 7.43. The molecule has 0 fully saturated rings. The van der Waals surface area contributed by atoms with E-state index in [0.29, 0.717) is 0 Å². The van der Waals surface area contributed by atoms with E-state index < -0.39 is 14.5 Å². The minimum atomic E-state index is -0.680. The van der Waals surface area contributed by atoms with Gasteiger partial charge in [0.05, 0.1) is 0 Å². The van der Waals surface area contributed by atoms with Crippen molar-refractivity contribution in [3.8, 4) is 0 Å². The van der Waals surface area contributed by atoms with Crippen molar-refractivity contribution in [3.05, 3.63) is 0 Å². The summed E-state index contributed by atoms with van der Waals surface area (Å²) >= 11 is 0. The van der Waals surface area contributed by atoms with E-state index in [4.69, 9.17) is 5.16 Å². The van der Waals surface area contributed by atoms with Crippen LogP contribution in [0.3, 0.4) is 0 Å². The molecule has 0 amide bonds. The topological polar surface area (TPSA) is 36.2 Å². The van der Waals surface area contributed by atoms with Crippen molar-refractivity contribution in [2.24, 2.45) is 4.52 Å². The van der Waals surface area contributed by atoms with Crippen LogP contribution in [0.5, 0.6) is 0 Å². The smallest absolute Gasteiger partial charge is 0.189 e. The summed E-state index contributed by atoms with van der Waals surface area (Å²) in [5.41, 5.74) is 0. The second kappa shape index (κ2) is 7.21. The minimum Gasteiger partial charge on any atom is -0.189 e. The second-order valence-electron chi connectivity index (χ2n) is 1.22. The Hall–Kier alpha value is 2.78. The first-order chi connectivity index (χ1) is 4.54. The molecule has 0 aliphatic carbocycles. The summed E-state index contributed by atoms with van der Waals surface area (Å²) in [5.74, 6) is 0. The Morgan fingerprint density at radius 1 is 1.40 bits per heavy atom.